The van der Waals surface area contributed by atoms with Gasteiger partial charge in [0.05, 0.1) is 0 Å². The van der Waals surface area contributed by atoms with E-state index in [1.54, 1.807) is 0 Å². The number of nitrogens with one attached hydrogen (secondary N) is 1. The van der Waals surface area contributed by atoms with Crippen LogP contribution in [0.2, 0.25) is 0 Å². The van der Waals surface area contributed by atoms with Crippen LogP contribution in [0, 0.1) is 0 Å². The molecule has 0 aromatic carbocycles. The minimum Gasteiger partial charge on any atom is -0.364 e. The lowest BCUT2D eigenvalue weighted by atomic mass is 10.1. The molecule has 1 unspecified atom stereocenters. The first-order chi connectivity index (χ1) is 9.79. The Kier molecular flexibility index (Phi) is 3.67. The molecule has 0 saturated heterocycles. The van der Waals surface area contributed by atoms with Crippen molar-refractivity contribution in [2.45, 2.75) is 51.0 Å². The maximum Gasteiger partial charge on any atom is 0.203 e. The SMILES string of the molecule is C=CCCCC(C)Nc1nccn2c(C3CC3)nnc12. The Morgan fingerprint density at radius 3 is 3.10 bits per heavy atom. The quantitative estimate of drug-likeness (QED) is 0.621. The molecule has 1 aliphatic rings. The molecule has 0 spiro atoms. The molecule has 5 heteroatoms. The summed E-state index contributed by atoms with van der Waals surface area (Å²) in [4.78, 5) is 4.41. The van der Waals surface area contributed by atoms with Gasteiger partial charge in [0.1, 0.15) is 5.82 Å². The molecule has 2 aromatic rings. The molecule has 0 aliphatic heterocycles. The van der Waals surface area contributed by atoms with Crippen molar-refractivity contribution >= 4 is 11.5 Å². The van der Waals surface area contributed by atoms with E-state index in [1.165, 1.54) is 12.8 Å². The Hall–Kier alpha value is -1.91. The van der Waals surface area contributed by atoms with E-state index in [1.807, 2.05) is 18.5 Å². The molecule has 2 heterocycles. The molecule has 3 rings (SSSR count). The van der Waals surface area contributed by atoms with Crippen LogP contribution in [0.4, 0.5) is 5.82 Å². The minimum absolute atomic E-state index is 0.370. The van der Waals surface area contributed by atoms with Gasteiger partial charge in [-0.1, -0.05) is 6.08 Å². The van der Waals surface area contributed by atoms with Gasteiger partial charge in [0.2, 0.25) is 5.65 Å². The third-order valence-electron chi connectivity index (χ3n) is 3.72. The predicted molar refractivity (Wildman–Crippen MR) is 79.9 cm³/mol. The summed E-state index contributed by atoms with van der Waals surface area (Å²) >= 11 is 0. The number of allylic oxidation sites excluding steroid dienone is 1. The number of anilines is 1. The Labute approximate surface area is 119 Å². The van der Waals surface area contributed by atoms with Gasteiger partial charge >= 0.3 is 0 Å². The van der Waals surface area contributed by atoms with Gasteiger partial charge in [0.25, 0.3) is 0 Å². The number of fused-ring (bicyclic) bond motifs is 1. The highest BCUT2D eigenvalue weighted by molar-refractivity contribution is 5.62. The third-order valence-corrected chi connectivity index (χ3v) is 3.72. The fourth-order valence-electron chi connectivity index (χ4n) is 2.44. The highest BCUT2D eigenvalue weighted by Crippen LogP contribution is 2.39. The molecule has 5 nitrogen and oxygen atoms in total. The van der Waals surface area contributed by atoms with Crippen molar-refractivity contribution < 1.29 is 0 Å². The summed E-state index contributed by atoms with van der Waals surface area (Å²) in [6.45, 7) is 5.93. The topological polar surface area (TPSA) is 55.1 Å². The van der Waals surface area contributed by atoms with Crippen molar-refractivity contribution in [2.24, 2.45) is 0 Å². The van der Waals surface area contributed by atoms with E-state index < -0.39 is 0 Å². The molecule has 1 aliphatic carbocycles. The lowest BCUT2D eigenvalue weighted by molar-refractivity contribution is 0.661. The van der Waals surface area contributed by atoms with Crippen molar-refractivity contribution in [3.63, 3.8) is 0 Å². The van der Waals surface area contributed by atoms with Crippen LogP contribution in [0.25, 0.3) is 5.65 Å². The van der Waals surface area contributed by atoms with Crippen LogP contribution in [0.15, 0.2) is 25.0 Å². The average molecular weight is 271 g/mol. The van der Waals surface area contributed by atoms with E-state index in [0.717, 1.165) is 36.6 Å². The molecule has 1 fully saturated rings. The zero-order valence-electron chi connectivity index (χ0n) is 11.9. The highest BCUT2D eigenvalue weighted by atomic mass is 15.3. The van der Waals surface area contributed by atoms with Crippen LogP contribution < -0.4 is 5.32 Å². The van der Waals surface area contributed by atoms with Gasteiger partial charge in [-0.15, -0.1) is 16.8 Å². The summed E-state index contributed by atoms with van der Waals surface area (Å²) in [5, 5.41) is 12.1. The zero-order valence-corrected chi connectivity index (χ0v) is 11.9. The maximum absolute atomic E-state index is 4.41. The van der Waals surface area contributed by atoms with Crippen molar-refractivity contribution in [2.75, 3.05) is 5.32 Å². The second kappa shape index (κ2) is 5.61. The molecule has 20 heavy (non-hydrogen) atoms. The van der Waals surface area contributed by atoms with Crippen molar-refractivity contribution in [3.05, 3.63) is 30.9 Å². The molecule has 0 bridgehead atoms. The van der Waals surface area contributed by atoms with E-state index in [2.05, 4.69) is 38.4 Å². The van der Waals surface area contributed by atoms with Gasteiger partial charge in [-0.05, 0) is 39.0 Å². The molecule has 1 atom stereocenters. The van der Waals surface area contributed by atoms with Gasteiger partial charge < -0.3 is 5.32 Å². The predicted octanol–water partition coefficient (Wildman–Crippen LogP) is 3.16. The van der Waals surface area contributed by atoms with Crippen LogP contribution in [-0.4, -0.2) is 25.6 Å². The molecular weight excluding hydrogens is 250 g/mol. The second-order valence-electron chi connectivity index (χ2n) is 5.57. The first-order valence-electron chi connectivity index (χ1n) is 7.36. The van der Waals surface area contributed by atoms with Crippen molar-refractivity contribution in [3.8, 4) is 0 Å². The lowest BCUT2D eigenvalue weighted by Crippen LogP contribution is -2.16. The molecule has 1 saturated carbocycles. The average Bonchev–Trinajstić information content (AvgIpc) is 3.19. The number of hydrogen-bond donors (Lipinski definition) is 1. The summed E-state index contributed by atoms with van der Waals surface area (Å²) in [6.07, 6.45) is 11.5. The van der Waals surface area contributed by atoms with Crippen molar-refractivity contribution in [1.82, 2.24) is 19.6 Å². The number of nitrogens with zero attached hydrogens (tertiary/aromatic N) is 4. The lowest BCUT2D eigenvalue weighted by Gasteiger charge is -2.14. The number of aromatic nitrogens is 4. The number of unbranched alkanes of at least 4 members (excludes halogenated alkanes) is 1. The summed E-state index contributed by atoms with van der Waals surface area (Å²) in [6, 6.07) is 0.370. The van der Waals surface area contributed by atoms with Gasteiger partial charge in [-0.2, -0.15) is 0 Å². The maximum atomic E-state index is 4.41. The van der Waals surface area contributed by atoms with Gasteiger partial charge in [-0.3, -0.25) is 4.40 Å². The molecule has 0 radical (unpaired) electrons. The Morgan fingerprint density at radius 1 is 1.50 bits per heavy atom. The first-order valence-corrected chi connectivity index (χ1v) is 7.36. The monoisotopic (exact) mass is 271 g/mol. The van der Waals surface area contributed by atoms with Gasteiger partial charge in [0, 0.05) is 24.4 Å². The Balaban J connectivity index is 1.75. The molecule has 1 N–H and O–H groups in total. The van der Waals surface area contributed by atoms with E-state index >= 15 is 0 Å². The summed E-state index contributed by atoms with van der Waals surface area (Å²) in [5.41, 5.74) is 0.838. The zero-order chi connectivity index (χ0) is 13.9. The molecular formula is C15H21N5. The van der Waals surface area contributed by atoms with Crippen LogP contribution in [0.5, 0.6) is 0 Å². The summed E-state index contributed by atoms with van der Waals surface area (Å²) in [5.74, 6) is 2.49. The van der Waals surface area contributed by atoms with Crippen LogP contribution >= 0.6 is 0 Å². The van der Waals surface area contributed by atoms with E-state index in [4.69, 9.17) is 0 Å². The fourth-order valence-corrected chi connectivity index (χ4v) is 2.44. The van der Waals surface area contributed by atoms with Crippen LogP contribution in [0.3, 0.4) is 0 Å². The smallest absolute Gasteiger partial charge is 0.203 e. The van der Waals surface area contributed by atoms with Crippen LogP contribution in [0.1, 0.15) is 50.8 Å². The van der Waals surface area contributed by atoms with Crippen molar-refractivity contribution in [1.29, 1.82) is 0 Å². The van der Waals surface area contributed by atoms with E-state index in [9.17, 15) is 0 Å². The number of rotatable bonds is 7. The Morgan fingerprint density at radius 2 is 2.35 bits per heavy atom. The standard InChI is InChI=1S/C15H21N5/c1-3-4-5-6-11(2)17-13-15-19-18-14(12-7-8-12)20(15)10-9-16-13/h3,9-12H,1,4-8H2,2H3,(H,16,17). The molecule has 0 amide bonds. The van der Waals surface area contributed by atoms with Gasteiger partial charge in [0.15, 0.2) is 5.82 Å². The third kappa shape index (κ3) is 2.66. The van der Waals surface area contributed by atoms with Crippen LogP contribution in [-0.2, 0) is 0 Å². The number of hydrogen-bond acceptors (Lipinski definition) is 4. The largest absolute Gasteiger partial charge is 0.364 e. The minimum atomic E-state index is 0.370. The van der Waals surface area contributed by atoms with E-state index in [-0.39, 0.29) is 0 Å². The molecule has 106 valence electrons. The van der Waals surface area contributed by atoms with E-state index in [0.29, 0.717) is 12.0 Å². The second-order valence-corrected chi connectivity index (χ2v) is 5.57. The first kappa shape index (κ1) is 13.1. The normalized spacial score (nSPS) is 16.2. The highest BCUT2D eigenvalue weighted by Gasteiger charge is 2.29. The Bertz CT molecular complexity index is 599. The summed E-state index contributed by atoms with van der Waals surface area (Å²) < 4.78 is 2.07. The fraction of sp³-hybridized carbons (Fsp3) is 0.533. The van der Waals surface area contributed by atoms with Gasteiger partial charge in [-0.25, -0.2) is 4.98 Å². The molecule has 2 aromatic heterocycles. The summed E-state index contributed by atoms with van der Waals surface area (Å²) in [7, 11) is 0.